The third kappa shape index (κ3) is 3.55. The van der Waals surface area contributed by atoms with Gasteiger partial charge in [0.1, 0.15) is 0 Å². The van der Waals surface area contributed by atoms with Crippen LogP contribution in [0.25, 0.3) is 0 Å². The molecule has 104 valence electrons. The highest BCUT2D eigenvalue weighted by Gasteiger charge is 2.21. The van der Waals surface area contributed by atoms with Gasteiger partial charge in [-0.3, -0.25) is 0 Å². The van der Waals surface area contributed by atoms with Crippen LogP contribution in [-0.4, -0.2) is 27.2 Å². The number of aromatic nitrogens is 2. The molecule has 3 N–H and O–H groups in total. The highest BCUT2D eigenvalue weighted by molar-refractivity contribution is 5.83. The van der Waals surface area contributed by atoms with Crippen LogP contribution >= 0.6 is 0 Å². The van der Waals surface area contributed by atoms with Gasteiger partial charge in [-0.1, -0.05) is 35.5 Å². The van der Waals surface area contributed by atoms with Crippen LogP contribution in [0.1, 0.15) is 17.4 Å². The molecular weight excluding hydrogens is 264 g/mol. The fourth-order valence-corrected chi connectivity index (χ4v) is 1.54. The summed E-state index contributed by atoms with van der Waals surface area (Å²) in [5.74, 6) is -0.849. The lowest BCUT2D eigenvalue weighted by molar-refractivity contribution is -0.139. The second kappa shape index (κ2) is 6.32. The van der Waals surface area contributed by atoms with Crippen molar-refractivity contribution in [1.29, 1.82) is 0 Å². The monoisotopic (exact) mass is 276 g/mol. The second-order valence-corrected chi connectivity index (χ2v) is 3.86. The molecule has 8 heteroatoms. The molecule has 0 unspecified atom stereocenters. The average Bonchev–Trinajstić information content (AvgIpc) is 2.96. The Bertz CT molecular complexity index is 570. The van der Waals surface area contributed by atoms with Gasteiger partial charge in [-0.25, -0.2) is 9.59 Å². The van der Waals surface area contributed by atoms with Gasteiger partial charge in [0, 0.05) is 0 Å². The van der Waals surface area contributed by atoms with E-state index < -0.39 is 18.0 Å². The molecule has 20 heavy (non-hydrogen) atoms. The first-order valence-corrected chi connectivity index (χ1v) is 5.74. The lowest BCUT2D eigenvalue weighted by Crippen LogP contribution is -2.40. The van der Waals surface area contributed by atoms with Crippen molar-refractivity contribution in [3.63, 3.8) is 0 Å². The first-order valence-electron chi connectivity index (χ1n) is 5.74. The molecule has 1 aromatic heterocycles. The molecule has 2 rings (SSSR count). The lowest BCUT2D eigenvalue weighted by atomic mass is 10.1. The minimum absolute atomic E-state index is 0.0451. The summed E-state index contributed by atoms with van der Waals surface area (Å²) in [6.45, 7) is 0.0451. The van der Waals surface area contributed by atoms with E-state index in [-0.39, 0.29) is 6.54 Å². The van der Waals surface area contributed by atoms with Crippen LogP contribution in [-0.2, 0) is 11.3 Å². The standard InChI is InChI=1S/C12H12N4O4/c17-11(18)10(8-4-2-1-3-5-8)15-12(19)13-6-9-14-7-20-16-9/h1-5,7,10H,6H2,(H,17,18)(H2,13,15,19)/t10-/m0/s1. The van der Waals surface area contributed by atoms with Gasteiger partial charge in [-0.15, -0.1) is 0 Å². The summed E-state index contributed by atoms with van der Waals surface area (Å²) in [6, 6.07) is 6.65. The Labute approximate surface area is 113 Å². The normalized spacial score (nSPS) is 11.6. The van der Waals surface area contributed by atoms with E-state index in [4.69, 9.17) is 5.11 Å². The number of carboxylic acids is 1. The number of aliphatic carboxylic acids is 1. The lowest BCUT2D eigenvalue weighted by Gasteiger charge is -2.14. The van der Waals surface area contributed by atoms with Crippen LogP contribution in [0.2, 0.25) is 0 Å². The van der Waals surface area contributed by atoms with Crippen molar-refractivity contribution in [3.8, 4) is 0 Å². The first kappa shape index (κ1) is 13.5. The number of amides is 2. The van der Waals surface area contributed by atoms with Gasteiger partial charge in [0.2, 0.25) is 6.39 Å². The second-order valence-electron chi connectivity index (χ2n) is 3.86. The summed E-state index contributed by atoms with van der Waals surface area (Å²) in [5.41, 5.74) is 0.481. The molecule has 0 fully saturated rings. The number of carbonyl (C=O) groups excluding carboxylic acids is 1. The minimum Gasteiger partial charge on any atom is -0.479 e. The van der Waals surface area contributed by atoms with E-state index in [2.05, 4.69) is 25.3 Å². The van der Waals surface area contributed by atoms with Crippen molar-refractivity contribution < 1.29 is 19.2 Å². The largest absolute Gasteiger partial charge is 0.479 e. The van der Waals surface area contributed by atoms with Crippen molar-refractivity contribution in [1.82, 2.24) is 20.8 Å². The third-order valence-electron chi connectivity index (χ3n) is 2.47. The van der Waals surface area contributed by atoms with Gasteiger partial charge in [0.05, 0.1) is 6.54 Å². The third-order valence-corrected chi connectivity index (χ3v) is 2.47. The number of nitrogens with zero attached hydrogens (tertiary/aromatic N) is 2. The van der Waals surface area contributed by atoms with Crippen molar-refractivity contribution in [2.75, 3.05) is 0 Å². The Balaban J connectivity index is 1.95. The van der Waals surface area contributed by atoms with E-state index in [1.165, 1.54) is 0 Å². The van der Waals surface area contributed by atoms with Crippen LogP contribution in [0.4, 0.5) is 4.79 Å². The number of carbonyl (C=O) groups is 2. The predicted molar refractivity (Wildman–Crippen MR) is 66.5 cm³/mol. The molecular formula is C12H12N4O4. The molecule has 1 atom stereocenters. The minimum atomic E-state index is -1.15. The van der Waals surface area contributed by atoms with Crippen molar-refractivity contribution in [2.45, 2.75) is 12.6 Å². The molecule has 0 aliphatic carbocycles. The van der Waals surface area contributed by atoms with Gasteiger partial charge in [0.25, 0.3) is 0 Å². The number of hydrogen-bond donors (Lipinski definition) is 3. The molecule has 8 nitrogen and oxygen atoms in total. The Morgan fingerprint density at radius 3 is 2.65 bits per heavy atom. The Morgan fingerprint density at radius 2 is 2.05 bits per heavy atom. The van der Waals surface area contributed by atoms with Crippen LogP contribution in [0.3, 0.4) is 0 Å². The predicted octanol–water partition coefficient (Wildman–Crippen LogP) is 0.695. The highest BCUT2D eigenvalue weighted by Crippen LogP contribution is 2.12. The molecule has 0 aliphatic heterocycles. The summed E-state index contributed by atoms with van der Waals surface area (Å²) < 4.78 is 4.51. The van der Waals surface area contributed by atoms with Crippen LogP contribution in [0.15, 0.2) is 41.2 Å². The number of carboxylic acid groups (broad SMARTS) is 1. The fourth-order valence-electron chi connectivity index (χ4n) is 1.54. The molecule has 2 amide bonds. The highest BCUT2D eigenvalue weighted by atomic mass is 16.5. The van der Waals surface area contributed by atoms with Gasteiger partial charge >= 0.3 is 12.0 Å². The fraction of sp³-hybridized carbons (Fsp3) is 0.167. The van der Waals surface area contributed by atoms with Crippen LogP contribution in [0.5, 0.6) is 0 Å². The van der Waals surface area contributed by atoms with E-state index in [0.717, 1.165) is 6.39 Å². The first-order chi connectivity index (χ1) is 9.66. The number of rotatable bonds is 5. The summed E-state index contributed by atoms with van der Waals surface area (Å²) >= 11 is 0. The topological polar surface area (TPSA) is 117 Å². The molecule has 0 saturated heterocycles. The van der Waals surface area contributed by atoms with E-state index in [0.29, 0.717) is 11.4 Å². The maximum absolute atomic E-state index is 11.7. The smallest absolute Gasteiger partial charge is 0.330 e. The summed E-state index contributed by atoms with van der Waals surface area (Å²) in [7, 11) is 0. The molecule has 0 aliphatic rings. The SMILES string of the molecule is O=C(NCc1ncon1)N[C@H](C(=O)O)c1ccccc1. The maximum Gasteiger partial charge on any atom is 0.330 e. The zero-order valence-electron chi connectivity index (χ0n) is 10.3. The molecule has 0 saturated carbocycles. The number of nitrogens with one attached hydrogen (secondary N) is 2. The molecule has 1 heterocycles. The Hall–Kier alpha value is -2.90. The zero-order valence-corrected chi connectivity index (χ0v) is 10.3. The van der Waals surface area contributed by atoms with E-state index in [1.807, 2.05) is 0 Å². The van der Waals surface area contributed by atoms with Crippen molar-refractivity contribution >= 4 is 12.0 Å². The average molecular weight is 276 g/mol. The Kier molecular flexibility index (Phi) is 4.28. The van der Waals surface area contributed by atoms with Crippen molar-refractivity contribution in [3.05, 3.63) is 48.1 Å². The molecule has 0 bridgehead atoms. The maximum atomic E-state index is 11.7. The van der Waals surface area contributed by atoms with Crippen LogP contribution < -0.4 is 10.6 Å². The number of hydrogen-bond acceptors (Lipinski definition) is 5. The zero-order chi connectivity index (χ0) is 14.4. The molecule has 1 aromatic carbocycles. The summed E-state index contributed by atoms with van der Waals surface area (Å²) in [5, 5.41) is 17.5. The van der Waals surface area contributed by atoms with E-state index in [1.54, 1.807) is 30.3 Å². The van der Waals surface area contributed by atoms with Gasteiger partial charge < -0.3 is 20.3 Å². The number of urea groups is 1. The van der Waals surface area contributed by atoms with E-state index in [9.17, 15) is 9.59 Å². The molecule has 0 radical (unpaired) electrons. The summed E-state index contributed by atoms with van der Waals surface area (Å²) in [6.07, 6.45) is 1.14. The van der Waals surface area contributed by atoms with Gasteiger partial charge in [0.15, 0.2) is 11.9 Å². The quantitative estimate of drug-likeness (QED) is 0.739. The Morgan fingerprint density at radius 1 is 1.30 bits per heavy atom. The van der Waals surface area contributed by atoms with E-state index >= 15 is 0 Å². The van der Waals surface area contributed by atoms with Crippen molar-refractivity contribution in [2.24, 2.45) is 0 Å². The van der Waals surface area contributed by atoms with Crippen LogP contribution in [0, 0.1) is 0 Å². The van der Waals surface area contributed by atoms with Gasteiger partial charge in [-0.05, 0) is 5.56 Å². The number of benzene rings is 1. The van der Waals surface area contributed by atoms with Gasteiger partial charge in [-0.2, -0.15) is 4.98 Å². The summed E-state index contributed by atoms with van der Waals surface area (Å²) in [4.78, 5) is 26.6. The molecule has 0 spiro atoms. The molecule has 2 aromatic rings.